The first kappa shape index (κ1) is 15.8. The van der Waals surface area contributed by atoms with Crippen LogP contribution >= 0.6 is 0 Å². The minimum Gasteiger partial charge on any atom is -0.493 e. The summed E-state index contributed by atoms with van der Waals surface area (Å²) in [5.74, 6) is 0.789. The van der Waals surface area contributed by atoms with Crippen molar-refractivity contribution in [3.63, 3.8) is 0 Å². The standard InChI is InChI=1S/C17H25NO3/c1-17(2,11-16(19)20-3)10-14(18)12-6-7-15-13(9-12)5-4-8-21-15/h6-7,9,14H,4-5,8,10-11,18H2,1-3H3. The summed E-state index contributed by atoms with van der Waals surface area (Å²) < 4.78 is 10.4. The van der Waals surface area contributed by atoms with Gasteiger partial charge in [0.25, 0.3) is 0 Å². The van der Waals surface area contributed by atoms with Crippen molar-refractivity contribution in [2.24, 2.45) is 11.1 Å². The second kappa shape index (κ2) is 6.48. The summed E-state index contributed by atoms with van der Waals surface area (Å²) in [5.41, 5.74) is 8.50. The summed E-state index contributed by atoms with van der Waals surface area (Å²) >= 11 is 0. The first-order valence-electron chi connectivity index (χ1n) is 7.49. The number of ether oxygens (including phenoxy) is 2. The molecule has 2 rings (SSSR count). The van der Waals surface area contributed by atoms with Gasteiger partial charge in [-0.3, -0.25) is 4.79 Å². The van der Waals surface area contributed by atoms with Gasteiger partial charge in [-0.05, 0) is 41.9 Å². The molecule has 21 heavy (non-hydrogen) atoms. The van der Waals surface area contributed by atoms with Crippen LogP contribution in [0.5, 0.6) is 5.75 Å². The van der Waals surface area contributed by atoms with Crippen LogP contribution in [0.3, 0.4) is 0 Å². The zero-order valence-corrected chi connectivity index (χ0v) is 13.1. The van der Waals surface area contributed by atoms with E-state index in [0.717, 1.165) is 37.2 Å². The summed E-state index contributed by atoms with van der Waals surface area (Å²) in [7, 11) is 1.42. The van der Waals surface area contributed by atoms with Crippen LogP contribution in [0.15, 0.2) is 18.2 Å². The number of methoxy groups -OCH3 is 1. The van der Waals surface area contributed by atoms with Crippen molar-refractivity contribution in [3.8, 4) is 5.75 Å². The minimum absolute atomic E-state index is 0.0862. The SMILES string of the molecule is COC(=O)CC(C)(C)CC(N)c1ccc2c(c1)CCCO2. The molecule has 0 aromatic heterocycles. The Balaban J connectivity index is 2.06. The molecule has 1 aromatic carbocycles. The molecule has 1 heterocycles. The molecule has 0 amide bonds. The molecule has 4 nitrogen and oxygen atoms in total. The third-order valence-electron chi connectivity index (χ3n) is 3.98. The smallest absolute Gasteiger partial charge is 0.306 e. The Hall–Kier alpha value is -1.55. The fraction of sp³-hybridized carbons (Fsp3) is 0.588. The quantitative estimate of drug-likeness (QED) is 0.847. The highest BCUT2D eigenvalue weighted by Crippen LogP contribution is 2.34. The van der Waals surface area contributed by atoms with Crippen LogP contribution in [0, 0.1) is 5.41 Å². The Bertz CT molecular complexity index is 511. The van der Waals surface area contributed by atoms with Crippen molar-refractivity contribution in [3.05, 3.63) is 29.3 Å². The molecule has 116 valence electrons. The molecular weight excluding hydrogens is 266 g/mol. The average Bonchev–Trinajstić information content (AvgIpc) is 2.45. The largest absolute Gasteiger partial charge is 0.493 e. The zero-order chi connectivity index (χ0) is 15.5. The van der Waals surface area contributed by atoms with E-state index in [-0.39, 0.29) is 17.4 Å². The molecule has 4 heteroatoms. The molecule has 1 aliphatic heterocycles. The molecule has 0 bridgehead atoms. The summed E-state index contributed by atoms with van der Waals surface area (Å²) in [5, 5.41) is 0. The van der Waals surface area contributed by atoms with E-state index in [4.69, 9.17) is 15.2 Å². The van der Waals surface area contributed by atoms with E-state index in [2.05, 4.69) is 6.07 Å². The molecule has 0 fully saturated rings. The molecule has 2 N–H and O–H groups in total. The first-order chi connectivity index (χ1) is 9.91. The Labute approximate surface area is 126 Å². The Morgan fingerprint density at radius 3 is 2.95 bits per heavy atom. The number of rotatable bonds is 5. The van der Waals surface area contributed by atoms with Crippen molar-refractivity contribution in [2.75, 3.05) is 13.7 Å². The molecule has 1 aromatic rings. The maximum atomic E-state index is 11.5. The average molecular weight is 291 g/mol. The normalized spacial score (nSPS) is 15.8. The number of aryl methyl sites for hydroxylation is 1. The predicted molar refractivity (Wildman–Crippen MR) is 82.2 cm³/mol. The zero-order valence-electron chi connectivity index (χ0n) is 13.1. The number of esters is 1. The Kier molecular flexibility index (Phi) is 4.88. The lowest BCUT2D eigenvalue weighted by Gasteiger charge is -2.28. The van der Waals surface area contributed by atoms with Gasteiger partial charge < -0.3 is 15.2 Å². The lowest BCUT2D eigenvalue weighted by Crippen LogP contribution is -2.24. The van der Waals surface area contributed by atoms with Gasteiger partial charge in [-0.25, -0.2) is 0 Å². The van der Waals surface area contributed by atoms with E-state index in [1.807, 2.05) is 26.0 Å². The highest BCUT2D eigenvalue weighted by Gasteiger charge is 2.26. The van der Waals surface area contributed by atoms with Gasteiger partial charge >= 0.3 is 5.97 Å². The van der Waals surface area contributed by atoms with E-state index in [9.17, 15) is 4.79 Å². The third-order valence-corrected chi connectivity index (χ3v) is 3.98. The van der Waals surface area contributed by atoms with Crippen LogP contribution in [-0.2, 0) is 16.0 Å². The van der Waals surface area contributed by atoms with Gasteiger partial charge in [0.1, 0.15) is 5.75 Å². The molecule has 1 atom stereocenters. The number of hydrogen-bond donors (Lipinski definition) is 1. The van der Waals surface area contributed by atoms with E-state index >= 15 is 0 Å². The van der Waals surface area contributed by atoms with Gasteiger partial charge in [-0.2, -0.15) is 0 Å². The number of nitrogens with two attached hydrogens (primary N) is 1. The van der Waals surface area contributed by atoms with Crippen LogP contribution in [-0.4, -0.2) is 19.7 Å². The fourth-order valence-corrected chi connectivity index (χ4v) is 2.86. The van der Waals surface area contributed by atoms with Crippen LogP contribution in [0.4, 0.5) is 0 Å². The highest BCUT2D eigenvalue weighted by molar-refractivity contribution is 5.69. The van der Waals surface area contributed by atoms with Gasteiger partial charge in [0.15, 0.2) is 0 Å². The summed E-state index contributed by atoms with van der Waals surface area (Å²) in [6.07, 6.45) is 3.22. The highest BCUT2D eigenvalue weighted by atomic mass is 16.5. The maximum Gasteiger partial charge on any atom is 0.306 e. The lowest BCUT2D eigenvalue weighted by atomic mass is 9.81. The molecular formula is C17H25NO3. The topological polar surface area (TPSA) is 61.5 Å². The predicted octanol–water partition coefficient (Wildman–Crippen LogP) is 2.99. The summed E-state index contributed by atoms with van der Waals surface area (Å²) in [4.78, 5) is 11.5. The number of hydrogen-bond acceptors (Lipinski definition) is 4. The lowest BCUT2D eigenvalue weighted by molar-refractivity contribution is -0.143. The molecule has 0 saturated heterocycles. The van der Waals surface area contributed by atoms with Gasteiger partial charge in [-0.15, -0.1) is 0 Å². The molecule has 0 saturated carbocycles. The molecule has 1 unspecified atom stereocenters. The maximum absolute atomic E-state index is 11.5. The number of carbonyl (C=O) groups is 1. The van der Waals surface area contributed by atoms with Crippen LogP contribution in [0.25, 0.3) is 0 Å². The fourth-order valence-electron chi connectivity index (χ4n) is 2.86. The Morgan fingerprint density at radius 1 is 1.48 bits per heavy atom. The third kappa shape index (κ3) is 4.21. The molecule has 0 spiro atoms. The van der Waals surface area contributed by atoms with Gasteiger partial charge in [0.2, 0.25) is 0 Å². The van der Waals surface area contributed by atoms with Crippen LogP contribution in [0.2, 0.25) is 0 Å². The van der Waals surface area contributed by atoms with Crippen LogP contribution in [0.1, 0.15) is 50.3 Å². The van der Waals surface area contributed by atoms with E-state index < -0.39 is 0 Å². The van der Waals surface area contributed by atoms with Gasteiger partial charge in [-0.1, -0.05) is 26.0 Å². The van der Waals surface area contributed by atoms with E-state index in [1.165, 1.54) is 12.7 Å². The minimum atomic E-state index is -0.189. The number of carbonyl (C=O) groups excluding carboxylic acids is 1. The van der Waals surface area contributed by atoms with Crippen LogP contribution < -0.4 is 10.5 Å². The first-order valence-corrected chi connectivity index (χ1v) is 7.49. The van der Waals surface area contributed by atoms with Crippen molar-refractivity contribution < 1.29 is 14.3 Å². The van der Waals surface area contributed by atoms with Gasteiger partial charge in [0, 0.05) is 6.04 Å². The molecule has 1 aliphatic rings. The van der Waals surface area contributed by atoms with Gasteiger partial charge in [0.05, 0.1) is 20.1 Å². The second-order valence-corrected chi connectivity index (χ2v) is 6.55. The summed E-state index contributed by atoms with van der Waals surface area (Å²) in [6.45, 7) is 4.89. The Morgan fingerprint density at radius 2 is 2.24 bits per heavy atom. The van der Waals surface area contributed by atoms with E-state index in [0.29, 0.717) is 6.42 Å². The number of benzene rings is 1. The van der Waals surface area contributed by atoms with Crippen molar-refractivity contribution in [1.82, 2.24) is 0 Å². The number of fused-ring (bicyclic) bond motifs is 1. The van der Waals surface area contributed by atoms with Crippen molar-refractivity contribution in [2.45, 2.75) is 45.6 Å². The molecule has 0 aliphatic carbocycles. The molecule has 0 radical (unpaired) electrons. The van der Waals surface area contributed by atoms with Crippen molar-refractivity contribution in [1.29, 1.82) is 0 Å². The van der Waals surface area contributed by atoms with E-state index in [1.54, 1.807) is 0 Å². The summed E-state index contributed by atoms with van der Waals surface area (Å²) in [6, 6.07) is 6.10. The van der Waals surface area contributed by atoms with Crippen molar-refractivity contribution >= 4 is 5.97 Å². The second-order valence-electron chi connectivity index (χ2n) is 6.55. The monoisotopic (exact) mass is 291 g/mol.